The van der Waals surface area contributed by atoms with Gasteiger partial charge in [-0.3, -0.25) is 0 Å². The summed E-state index contributed by atoms with van der Waals surface area (Å²) < 4.78 is 5.54. The van der Waals surface area contributed by atoms with Crippen LogP contribution < -0.4 is 5.73 Å². The third-order valence-corrected chi connectivity index (χ3v) is 4.45. The van der Waals surface area contributed by atoms with Gasteiger partial charge < -0.3 is 20.5 Å². The highest BCUT2D eigenvalue weighted by Crippen LogP contribution is 2.17. The maximum atomic E-state index is 9.62. The van der Waals surface area contributed by atoms with Gasteiger partial charge in [0, 0.05) is 24.5 Å². The standard InChI is InChI=1S/C14H26N2O2S/c1-4-13(19-3)6-5-12(9-15)16-7-8-18-14(10-16)11(2)17/h5-6,9,11,13-14,17H,4,7-8,10,15H2,1-3H3/b6-5-,12-9+. The maximum Gasteiger partial charge on any atom is 0.101 e. The molecule has 0 aromatic carbocycles. The Bertz CT molecular complexity index is 315. The Morgan fingerprint density at radius 2 is 2.37 bits per heavy atom. The molecule has 0 spiro atoms. The van der Waals surface area contributed by atoms with Crippen molar-refractivity contribution in [1.82, 2.24) is 4.90 Å². The fourth-order valence-electron chi connectivity index (χ4n) is 2.06. The number of hydrogen-bond donors (Lipinski definition) is 2. The first-order valence-corrected chi connectivity index (χ1v) is 8.08. The van der Waals surface area contributed by atoms with Crippen molar-refractivity contribution in [3.63, 3.8) is 0 Å². The van der Waals surface area contributed by atoms with E-state index in [-0.39, 0.29) is 6.10 Å². The van der Waals surface area contributed by atoms with Crippen LogP contribution in [0.1, 0.15) is 20.3 Å². The van der Waals surface area contributed by atoms with Crippen LogP contribution in [0, 0.1) is 0 Å². The number of rotatable bonds is 6. The minimum Gasteiger partial charge on any atom is -0.403 e. The number of allylic oxidation sites excluding steroid dienone is 1. The molecule has 3 N–H and O–H groups in total. The van der Waals surface area contributed by atoms with E-state index in [2.05, 4.69) is 30.2 Å². The molecule has 110 valence electrons. The molecule has 0 aromatic heterocycles. The van der Waals surface area contributed by atoms with Crippen LogP contribution in [0.25, 0.3) is 0 Å². The zero-order valence-electron chi connectivity index (χ0n) is 12.1. The number of aliphatic hydroxyl groups excluding tert-OH is 1. The van der Waals surface area contributed by atoms with Gasteiger partial charge in [-0.15, -0.1) is 0 Å². The Hall–Kier alpha value is -0.650. The van der Waals surface area contributed by atoms with Gasteiger partial charge in [0.1, 0.15) is 6.10 Å². The van der Waals surface area contributed by atoms with Crippen molar-refractivity contribution in [2.75, 3.05) is 26.0 Å². The molecule has 0 radical (unpaired) electrons. The summed E-state index contributed by atoms with van der Waals surface area (Å²) in [5, 5.41) is 10.1. The molecule has 3 unspecified atom stereocenters. The molecule has 0 bridgehead atoms. The largest absolute Gasteiger partial charge is 0.403 e. The van der Waals surface area contributed by atoms with Crippen LogP contribution in [-0.4, -0.2) is 53.4 Å². The maximum absolute atomic E-state index is 9.62. The Balaban J connectivity index is 2.64. The summed E-state index contributed by atoms with van der Waals surface area (Å²) in [6.45, 7) is 6.06. The number of ether oxygens (including phenoxy) is 1. The van der Waals surface area contributed by atoms with Gasteiger partial charge in [-0.05, 0) is 25.7 Å². The van der Waals surface area contributed by atoms with Crippen molar-refractivity contribution in [2.24, 2.45) is 5.73 Å². The molecule has 3 atom stereocenters. The van der Waals surface area contributed by atoms with E-state index in [4.69, 9.17) is 10.5 Å². The first kappa shape index (κ1) is 16.4. The third-order valence-electron chi connectivity index (χ3n) is 3.35. The number of morpholine rings is 1. The normalized spacial score (nSPS) is 24.7. The lowest BCUT2D eigenvalue weighted by Gasteiger charge is -2.36. The van der Waals surface area contributed by atoms with Gasteiger partial charge in [0.15, 0.2) is 0 Å². The number of hydrogen-bond acceptors (Lipinski definition) is 5. The molecule has 1 heterocycles. The molecule has 1 aliphatic rings. The van der Waals surface area contributed by atoms with E-state index in [1.165, 1.54) is 0 Å². The molecular weight excluding hydrogens is 260 g/mol. The lowest BCUT2D eigenvalue weighted by Crippen LogP contribution is -2.46. The highest BCUT2D eigenvalue weighted by molar-refractivity contribution is 7.99. The van der Waals surface area contributed by atoms with E-state index in [0.717, 1.165) is 18.7 Å². The third kappa shape index (κ3) is 5.09. The summed E-state index contributed by atoms with van der Waals surface area (Å²) in [5.41, 5.74) is 6.73. The smallest absolute Gasteiger partial charge is 0.101 e. The fraction of sp³-hybridized carbons (Fsp3) is 0.714. The first-order valence-electron chi connectivity index (χ1n) is 6.79. The Labute approximate surface area is 120 Å². The summed E-state index contributed by atoms with van der Waals surface area (Å²) in [6.07, 6.45) is 8.52. The predicted octanol–water partition coefficient (Wildman–Crippen LogP) is 1.57. The molecular formula is C14H26N2O2S. The van der Waals surface area contributed by atoms with Crippen LogP contribution in [0.4, 0.5) is 0 Å². The van der Waals surface area contributed by atoms with Crippen molar-refractivity contribution in [2.45, 2.75) is 37.7 Å². The van der Waals surface area contributed by atoms with Gasteiger partial charge in [-0.2, -0.15) is 11.8 Å². The van der Waals surface area contributed by atoms with Gasteiger partial charge in [-0.25, -0.2) is 0 Å². The van der Waals surface area contributed by atoms with E-state index in [1.807, 2.05) is 11.8 Å². The minimum absolute atomic E-state index is 0.139. The average molecular weight is 286 g/mol. The average Bonchev–Trinajstić information content (AvgIpc) is 2.44. The van der Waals surface area contributed by atoms with Crippen molar-refractivity contribution in [1.29, 1.82) is 0 Å². The summed E-state index contributed by atoms with van der Waals surface area (Å²) in [7, 11) is 0. The zero-order chi connectivity index (χ0) is 14.3. The molecule has 0 saturated carbocycles. The molecule has 1 saturated heterocycles. The van der Waals surface area contributed by atoms with Gasteiger partial charge >= 0.3 is 0 Å². The number of nitrogens with zero attached hydrogens (tertiary/aromatic N) is 1. The van der Waals surface area contributed by atoms with E-state index in [9.17, 15) is 5.11 Å². The van der Waals surface area contributed by atoms with E-state index in [0.29, 0.717) is 18.4 Å². The fourth-order valence-corrected chi connectivity index (χ4v) is 2.62. The van der Waals surface area contributed by atoms with Crippen molar-refractivity contribution < 1.29 is 9.84 Å². The predicted molar refractivity (Wildman–Crippen MR) is 82.0 cm³/mol. The van der Waals surface area contributed by atoms with E-state index >= 15 is 0 Å². The highest BCUT2D eigenvalue weighted by atomic mass is 32.2. The number of nitrogens with two attached hydrogens (primary N) is 1. The molecule has 0 aromatic rings. The minimum atomic E-state index is -0.458. The van der Waals surface area contributed by atoms with Crippen molar-refractivity contribution in [3.05, 3.63) is 24.0 Å². The molecule has 1 rings (SSSR count). The van der Waals surface area contributed by atoms with Gasteiger partial charge in [0.25, 0.3) is 0 Å². The van der Waals surface area contributed by atoms with Crippen LogP contribution in [0.2, 0.25) is 0 Å². The molecule has 0 amide bonds. The van der Waals surface area contributed by atoms with Crippen LogP contribution in [0.15, 0.2) is 24.0 Å². The molecule has 5 heteroatoms. The molecule has 1 fully saturated rings. The van der Waals surface area contributed by atoms with Crippen LogP contribution >= 0.6 is 11.8 Å². The number of aliphatic hydroxyl groups is 1. The van der Waals surface area contributed by atoms with Crippen LogP contribution in [-0.2, 0) is 4.74 Å². The van der Waals surface area contributed by atoms with Gasteiger partial charge in [0.05, 0.1) is 18.4 Å². The highest BCUT2D eigenvalue weighted by Gasteiger charge is 2.24. The number of thioether (sulfide) groups is 1. The van der Waals surface area contributed by atoms with E-state index < -0.39 is 6.10 Å². The molecule has 19 heavy (non-hydrogen) atoms. The van der Waals surface area contributed by atoms with Crippen LogP contribution in [0.5, 0.6) is 0 Å². The van der Waals surface area contributed by atoms with Crippen molar-refractivity contribution >= 4 is 11.8 Å². The van der Waals surface area contributed by atoms with Crippen molar-refractivity contribution in [3.8, 4) is 0 Å². The SMILES string of the molecule is CCC(/C=C\C(=C/N)N1CCOC(C(C)O)C1)SC. The molecule has 0 aliphatic carbocycles. The summed E-state index contributed by atoms with van der Waals surface area (Å²) >= 11 is 1.84. The molecule has 1 aliphatic heterocycles. The Morgan fingerprint density at radius 3 is 2.89 bits per heavy atom. The lowest BCUT2D eigenvalue weighted by molar-refractivity contribution is -0.0740. The van der Waals surface area contributed by atoms with Gasteiger partial charge in [0.2, 0.25) is 0 Å². The van der Waals surface area contributed by atoms with E-state index in [1.54, 1.807) is 13.1 Å². The summed E-state index contributed by atoms with van der Waals surface area (Å²) in [5.74, 6) is 0. The summed E-state index contributed by atoms with van der Waals surface area (Å²) in [4.78, 5) is 2.17. The quantitative estimate of drug-likeness (QED) is 0.726. The topological polar surface area (TPSA) is 58.7 Å². The first-order chi connectivity index (χ1) is 9.12. The second kappa shape index (κ2) is 8.51. The second-order valence-corrected chi connectivity index (χ2v) is 5.81. The summed E-state index contributed by atoms with van der Waals surface area (Å²) in [6, 6.07) is 0. The Morgan fingerprint density at radius 1 is 1.63 bits per heavy atom. The monoisotopic (exact) mass is 286 g/mol. The second-order valence-electron chi connectivity index (χ2n) is 4.73. The lowest BCUT2D eigenvalue weighted by atomic mass is 10.1. The zero-order valence-corrected chi connectivity index (χ0v) is 12.9. The van der Waals surface area contributed by atoms with Crippen LogP contribution in [0.3, 0.4) is 0 Å². The van der Waals surface area contributed by atoms with Gasteiger partial charge in [-0.1, -0.05) is 13.0 Å². The Kier molecular flexibility index (Phi) is 7.34. The molecule has 4 nitrogen and oxygen atoms in total.